The fourth-order valence-electron chi connectivity index (χ4n) is 3.37. The van der Waals surface area contributed by atoms with Crippen LogP contribution < -0.4 is 0 Å². The maximum Gasteiger partial charge on any atom is 0.376 e. The topological polar surface area (TPSA) is 46.5 Å². The predicted octanol–water partition coefficient (Wildman–Crippen LogP) is 1.84. The Bertz CT molecular complexity index is 301. The number of halogens is 2. The van der Waals surface area contributed by atoms with Gasteiger partial charge in [-0.1, -0.05) is 0 Å². The molecule has 2 aliphatic rings. The molecule has 2 aliphatic carbocycles. The number of aliphatic hydroxyl groups is 1. The van der Waals surface area contributed by atoms with Crippen LogP contribution in [0.4, 0.5) is 8.78 Å². The van der Waals surface area contributed by atoms with Gasteiger partial charge < -0.3 is 9.84 Å². The molecule has 2 saturated carbocycles. The van der Waals surface area contributed by atoms with Crippen molar-refractivity contribution in [1.82, 2.24) is 0 Å². The van der Waals surface area contributed by atoms with E-state index in [1.807, 2.05) is 0 Å². The van der Waals surface area contributed by atoms with Crippen molar-refractivity contribution in [3.8, 4) is 0 Å². The van der Waals surface area contributed by atoms with Crippen LogP contribution in [0.1, 0.15) is 26.2 Å². The first-order valence-corrected chi connectivity index (χ1v) is 6.09. The van der Waals surface area contributed by atoms with Crippen LogP contribution in [-0.4, -0.2) is 30.2 Å². The summed E-state index contributed by atoms with van der Waals surface area (Å²) in [6, 6.07) is 0. The molecule has 0 aromatic carbocycles. The van der Waals surface area contributed by atoms with E-state index in [-0.39, 0.29) is 25.0 Å². The number of hydrogen-bond acceptors (Lipinski definition) is 3. The lowest BCUT2D eigenvalue weighted by Gasteiger charge is -2.29. The zero-order chi connectivity index (χ0) is 12.6. The van der Waals surface area contributed by atoms with Gasteiger partial charge in [0.25, 0.3) is 0 Å². The summed E-state index contributed by atoms with van der Waals surface area (Å²) < 4.78 is 29.9. The molecule has 5 heteroatoms. The number of esters is 1. The second-order valence-electron chi connectivity index (χ2n) is 5.33. The van der Waals surface area contributed by atoms with E-state index in [9.17, 15) is 18.7 Å². The quantitative estimate of drug-likeness (QED) is 0.772. The Hall–Kier alpha value is -0.710. The van der Waals surface area contributed by atoms with Crippen molar-refractivity contribution in [3.05, 3.63) is 0 Å². The molecule has 4 atom stereocenters. The number of ether oxygens (including phenoxy) is 1. The number of hydrogen-bond donors (Lipinski definition) is 1. The van der Waals surface area contributed by atoms with Crippen LogP contribution in [0.2, 0.25) is 0 Å². The largest absolute Gasteiger partial charge is 0.461 e. The van der Waals surface area contributed by atoms with Crippen LogP contribution in [0.3, 0.4) is 0 Å². The van der Waals surface area contributed by atoms with Gasteiger partial charge in [0.15, 0.2) is 0 Å². The van der Waals surface area contributed by atoms with E-state index in [4.69, 9.17) is 0 Å². The molecular formula is C12H18F2O3. The highest BCUT2D eigenvalue weighted by atomic mass is 19.3. The number of carbonyl (C=O) groups is 1. The van der Waals surface area contributed by atoms with Crippen molar-refractivity contribution in [2.45, 2.75) is 32.1 Å². The SMILES string of the molecule is CC(F)(F)C(=O)OCC1C2CCC(C2)C1CO. The lowest BCUT2D eigenvalue weighted by atomic mass is 9.80. The Morgan fingerprint density at radius 3 is 2.47 bits per heavy atom. The van der Waals surface area contributed by atoms with E-state index in [2.05, 4.69) is 4.74 Å². The number of alkyl halides is 2. The first-order chi connectivity index (χ1) is 7.93. The van der Waals surface area contributed by atoms with E-state index < -0.39 is 11.9 Å². The highest BCUT2D eigenvalue weighted by Crippen LogP contribution is 2.52. The van der Waals surface area contributed by atoms with Gasteiger partial charge in [0.2, 0.25) is 0 Å². The summed E-state index contributed by atoms with van der Waals surface area (Å²) in [7, 11) is 0. The monoisotopic (exact) mass is 248 g/mol. The van der Waals surface area contributed by atoms with E-state index >= 15 is 0 Å². The molecule has 4 unspecified atom stereocenters. The van der Waals surface area contributed by atoms with Gasteiger partial charge in [-0.15, -0.1) is 0 Å². The van der Waals surface area contributed by atoms with Crippen LogP contribution in [0.25, 0.3) is 0 Å². The smallest absolute Gasteiger partial charge is 0.376 e. The van der Waals surface area contributed by atoms with Crippen molar-refractivity contribution in [3.63, 3.8) is 0 Å². The maximum atomic E-state index is 12.6. The summed E-state index contributed by atoms with van der Waals surface area (Å²) >= 11 is 0. The first-order valence-electron chi connectivity index (χ1n) is 6.09. The molecule has 0 spiro atoms. The fraction of sp³-hybridized carbons (Fsp3) is 0.917. The number of carbonyl (C=O) groups excluding carboxylic acids is 1. The van der Waals surface area contributed by atoms with Crippen molar-refractivity contribution in [2.75, 3.05) is 13.2 Å². The molecule has 0 aromatic heterocycles. The predicted molar refractivity (Wildman–Crippen MR) is 56.5 cm³/mol. The van der Waals surface area contributed by atoms with Gasteiger partial charge in [0.1, 0.15) is 0 Å². The van der Waals surface area contributed by atoms with Crippen LogP contribution in [0, 0.1) is 23.7 Å². The zero-order valence-electron chi connectivity index (χ0n) is 9.86. The lowest BCUT2D eigenvalue weighted by molar-refractivity contribution is -0.172. The Labute approximate surface area is 99.1 Å². The van der Waals surface area contributed by atoms with Crippen LogP contribution >= 0.6 is 0 Å². The summed E-state index contributed by atoms with van der Waals surface area (Å²) in [5.41, 5.74) is 0. The second-order valence-corrected chi connectivity index (χ2v) is 5.33. The molecule has 2 rings (SSSR count). The Kier molecular flexibility index (Phi) is 3.39. The molecule has 17 heavy (non-hydrogen) atoms. The molecule has 0 heterocycles. The third kappa shape index (κ3) is 2.44. The summed E-state index contributed by atoms with van der Waals surface area (Å²) in [5.74, 6) is -3.80. The van der Waals surface area contributed by atoms with Gasteiger partial charge in [0, 0.05) is 19.4 Å². The first kappa shape index (κ1) is 12.7. The van der Waals surface area contributed by atoms with E-state index in [1.165, 1.54) is 0 Å². The number of aliphatic hydroxyl groups excluding tert-OH is 1. The van der Waals surface area contributed by atoms with Crippen molar-refractivity contribution in [1.29, 1.82) is 0 Å². The van der Waals surface area contributed by atoms with Gasteiger partial charge in [-0.25, -0.2) is 4.79 Å². The minimum Gasteiger partial charge on any atom is -0.461 e. The molecule has 0 saturated heterocycles. The Balaban J connectivity index is 1.89. The van der Waals surface area contributed by atoms with Crippen LogP contribution in [0.5, 0.6) is 0 Å². The summed E-state index contributed by atoms with van der Waals surface area (Å²) in [6.07, 6.45) is 3.20. The molecule has 2 fully saturated rings. The normalized spacial score (nSPS) is 36.2. The van der Waals surface area contributed by atoms with Crippen LogP contribution in [0.15, 0.2) is 0 Å². The minimum absolute atomic E-state index is 0.0225. The third-order valence-corrected chi connectivity index (χ3v) is 4.25. The van der Waals surface area contributed by atoms with Gasteiger partial charge in [-0.2, -0.15) is 8.78 Å². The summed E-state index contributed by atoms with van der Waals surface area (Å²) in [6.45, 7) is 0.625. The fourth-order valence-corrected chi connectivity index (χ4v) is 3.37. The molecular weight excluding hydrogens is 230 g/mol. The van der Waals surface area contributed by atoms with E-state index in [1.54, 1.807) is 0 Å². The molecule has 0 amide bonds. The Morgan fingerprint density at radius 2 is 1.94 bits per heavy atom. The van der Waals surface area contributed by atoms with E-state index in [0.717, 1.165) is 19.3 Å². The second kappa shape index (κ2) is 4.52. The standard InChI is InChI=1S/C12H18F2O3/c1-12(13,14)11(16)17-6-10-8-3-2-7(4-8)9(10)5-15/h7-10,15H,2-6H2,1H3. The van der Waals surface area contributed by atoms with Gasteiger partial charge in [-0.3, -0.25) is 0 Å². The lowest BCUT2D eigenvalue weighted by Crippen LogP contribution is -2.33. The Morgan fingerprint density at radius 1 is 1.35 bits per heavy atom. The highest BCUT2D eigenvalue weighted by molar-refractivity contribution is 5.76. The van der Waals surface area contributed by atoms with Crippen molar-refractivity contribution < 1.29 is 23.4 Å². The van der Waals surface area contributed by atoms with Crippen molar-refractivity contribution >= 4 is 5.97 Å². The highest BCUT2D eigenvalue weighted by Gasteiger charge is 2.48. The maximum absolute atomic E-state index is 12.6. The minimum atomic E-state index is -3.42. The van der Waals surface area contributed by atoms with Crippen LogP contribution in [-0.2, 0) is 9.53 Å². The zero-order valence-corrected chi connectivity index (χ0v) is 9.86. The van der Waals surface area contributed by atoms with Gasteiger partial charge in [0.05, 0.1) is 6.61 Å². The molecule has 0 aliphatic heterocycles. The number of rotatable bonds is 4. The number of fused-ring (bicyclic) bond motifs is 2. The molecule has 98 valence electrons. The molecule has 0 radical (unpaired) electrons. The van der Waals surface area contributed by atoms with Crippen molar-refractivity contribution in [2.24, 2.45) is 23.7 Å². The molecule has 2 bridgehead atoms. The molecule has 1 N–H and O–H groups in total. The van der Waals surface area contributed by atoms with Gasteiger partial charge >= 0.3 is 11.9 Å². The molecule has 3 nitrogen and oxygen atoms in total. The average molecular weight is 248 g/mol. The third-order valence-electron chi connectivity index (χ3n) is 4.25. The summed E-state index contributed by atoms with van der Waals surface area (Å²) in [5, 5.41) is 9.29. The summed E-state index contributed by atoms with van der Waals surface area (Å²) in [4.78, 5) is 11.0. The molecule has 0 aromatic rings. The van der Waals surface area contributed by atoms with Gasteiger partial charge in [-0.05, 0) is 37.0 Å². The van der Waals surface area contributed by atoms with E-state index in [0.29, 0.717) is 18.8 Å². The average Bonchev–Trinajstić information content (AvgIpc) is 2.83.